The summed E-state index contributed by atoms with van der Waals surface area (Å²) in [5.41, 5.74) is 1.81. The number of nitrogens with zero attached hydrogens (tertiary/aromatic N) is 4. The zero-order valence-corrected chi connectivity index (χ0v) is 10.6. The highest BCUT2D eigenvalue weighted by atomic mass is 16.4. The van der Waals surface area contributed by atoms with Crippen molar-refractivity contribution in [3.63, 3.8) is 0 Å². The van der Waals surface area contributed by atoms with E-state index in [4.69, 9.17) is 5.11 Å². The lowest BCUT2D eigenvalue weighted by Crippen LogP contribution is -2.24. The van der Waals surface area contributed by atoms with Gasteiger partial charge in [-0.2, -0.15) is 0 Å². The highest BCUT2D eigenvalue weighted by Crippen LogP contribution is 2.14. The minimum Gasteiger partial charge on any atom is -0.478 e. The van der Waals surface area contributed by atoms with Crippen molar-refractivity contribution in [1.29, 1.82) is 0 Å². The second-order valence-corrected chi connectivity index (χ2v) is 4.87. The largest absolute Gasteiger partial charge is 0.478 e. The fourth-order valence-corrected chi connectivity index (χ4v) is 2.51. The van der Waals surface area contributed by atoms with E-state index in [-0.39, 0.29) is 5.56 Å². The van der Waals surface area contributed by atoms with Crippen molar-refractivity contribution in [3.8, 4) is 0 Å². The van der Waals surface area contributed by atoms with Gasteiger partial charge in [0.2, 0.25) is 0 Å². The SMILES string of the molecule is O=C(O)c1ccc2nnn(CCN3CCCC3)c2c1. The molecular formula is C13H16N4O2. The van der Waals surface area contributed by atoms with Gasteiger partial charge in [-0.05, 0) is 44.1 Å². The molecule has 0 unspecified atom stereocenters. The Morgan fingerprint density at radius 2 is 2.05 bits per heavy atom. The summed E-state index contributed by atoms with van der Waals surface area (Å²) in [6, 6.07) is 4.91. The minimum absolute atomic E-state index is 0.275. The molecule has 0 amide bonds. The average molecular weight is 260 g/mol. The van der Waals surface area contributed by atoms with Gasteiger partial charge < -0.3 is 10.0 Å². The van der Waals surface area contributed by atoms with Crippen LogP contribution in [0.5, 0.6) is 0 Å². The molecule has 19 heavy (non-hydrogen) atoms. The summed E-state index contributed by atoms with van der Waals surface area (Å²) in [7, 11) is 0. The zero-order valence-electron chi connectivity index (χ0n) is 10.6. The van der Waals surface area contributed by atoms with E-state index in [9.17, 15) is 4.79 Å². The number of aromatic nitrogens is 3. The van der Waals surface area contributed by atoms with Crippen LogP contribution in [0.4, 0.5) is 0 Å². The van der Waals surface area contributed by atoms with Gasteiger partial charge in [-0.3, -0.25) is 0 Å². The molecule has 100 valence electrons. The van der Waals surface area contributed by atoms with Crippen molar-refractivity contribution >= 4 is 17.0 Å². The third-order valence-corrected chi connectivity index (χ3v) is 3.59. The molecule has 1 aliphatic rings. The van der Waals surface area contributed by atoms with Gasteiger partial charge in [0.1, 0.15) is 5.52 Å². The van der Waals surface area contributed by atoms with Crippen molar-refractivity contribution < 1.29 is 9.90 Å². The summed E-state index contributed by atoms with van der Waals surface area (Å²) in [5.74, 6) is -0.922. The molecule has 1 aromatic carbocycles. The molecule has 0 bridgehead atoms. The number of carbonyl (C=O) groups is 1. The molecule has 6 heteroatoms. The van der Waals surface area contributed by atoms with Gasteiger partial charge in [-0.25, -0.2) is 9.48 Å². The summed E-state index contributed by atoms with van der Waals surface area (Å²) in [5, 5.41) is 17.2. The summed E-state index contributed by atoms with van der Waals surface area (Å²) < 4.78 is 1.79. The molecule has 2 aromatic rings. The molecule has 0 radical (unpaired) electrons. The number of hydrogen-bond donors (Lipinski definition) is 1. The van der Waals surface area contributed by atoms with E-state index in [1.165, 1.54) is 12.8 Å². The molecule has 1 saturated heterocycles. The van der Waals surface area contributed by atoms with Gasteiger partial charge >= 0.3 is 5.97 Å². The third-order valence-electron chi connectivity index (χ3n) is 3.59. The average Bonchev–Trinajstić information content (AvgIpc) is 3.05. The molecule has 0 atom stereocenters. The molecule has 6 nitrogen and oxygen atoms in total. The highest BCUT2D eigenvalue weighted by Gasteiger charge is 2.13. The van der Waals surface area contributed by atoms with Crippen molar-refractivity contribution in [3.05, 3.63) is 23.8 Å². The Hall–Kier alpha value is -1.95. The van der Waals surface area contributed by atoms with Gasteiger partial charge in [0.25, 0.3) is 0 Å². The molecular weight excluding hydrogens is 244 g/mol. The zero-order chi connectivity index (χ0) is 13.2. The Bertz CT molecular complexity index is 602. The summed E-state index contributed by atoms with van der Waals surface area (Å²) in [6.45, 7) is 3.98. The highest BCUT2D eigenvalue weighted by molar-refractivity contribution is 5.92. The van der Waals surface area contributed by atoms with Gasteiger partial charge in [0.05, 0.1) is 17.6 Å². The molecule has 0 saturated carbocycles. The lowest BCUT2D eigenvalue weighted by molar-refractivity contribution is 0.0697. The summed E-state index contributed by atoms with van der Waals surface area (Å²) in [6.07, 6.45) is 2.53. The fraction of sp³-hybridized carbons (Fsp3) is 0.462. The first-order valence-corrected chi connectivity index (χ1v) is 6.53. The van der Waals surface area contributed by atoms with Crippen molar-refractivity contribution in [1.82, 2.24) is 19.9 Å². The minimum atomic E-state index is -0.922. The van der Waals surface area contributed by atoms with Crippen molar-refractivity contribution in [2.45, 2.75) is 19.4 Å². The van der Waals surface area contributed by atoms with Crippen LogP contribution in [0.1, 0.15) is 23.2 Å². The van der Waals surface area contributed by atoms with E-state index in [1.807, 2.05) is 0 Å². The lowest BCUT2D eigenvalue weighted by Gasteiger charge is -2.14. The second kappa shape index (κ2) is 4.97. The van der Waals surface area contributed by atoms with Crippen LogP contribution < -0.4 is 0 Å². The predicted molar refractivity (Wildman–Crippen MR) is 70.2 cm³/mol. The maximum Gasteiger partial charge on any atom is 0.335 e. The van der Waals surface area contributed by atoms with Crippen LogP contribution in [0.3, 0.4) is 0 Å². The monoisotopic (exact) mass is 260 g/mol. The van der Waals surface area contributed by atoms with E-state index in [0.29, 0.717) is 0 Å². The predicted octanol–water partition coefficient (Wildman–Crippen LogP) is 1.23. The van der Waals surface area contributed by atoms with Crippen LogP contribution in [0.2, 0.25) is 0 Å². The van der Waals surface area contributed by atoms with Crippen LogP contribution >= 0.6 is 0 Å². The van der Waals surface area contributed by atoms with Gasteiger partial charge in [-0.15, -0.1) is 5.10 Å². The lowest BCUT2D eigenvalue weighted by atomic mass is 10.2. The van der Waals surface area contributed by atoms with Crippen LogP contribution in [0.25, 0.3) is 11.0 Å². The maximum atomic E-state index is 11.0. The quantitative estimate of drug-likeness (QED) is 0.895. The second-order valence-electron chi connectivity index (χ2n) is 4.87. The Morgan fingerprint density at radius 1 is 1.26 bits per heavy atom. The van der Waals surface area contributed by atoms with Crippen LogP contribution in [-0.4, -0.2) is 50.6 Å². The number of aromatic carboxylic acids is 1. The molecule has 0 spiro atoms. The molecule has 1 fully saturated rings. The molecule has 1 aromatic heterocycles. The van der Waals surface area contributed by atoms with Crippen molar-refractivity contribution in [2.75, 3.05) is 19.6 Å². The number of likely N-dealkylation sites (tertiary alicyclic amines) is 1. The molecule has 0 aliphatic carbocycles. The smallest absolute Gasteiger partial charge is 0.335 e. The van der Waals surface area contributed by atoms with Crippen molar-refractivity contribution in [2.24, 2.45) is 0 Å². The van der Waals surface area contributed by atoms with E-state index < -0.39 is 5.97 Å². The maximum absolute atomic E-state index is 11.0. The van der Waals surface area contributed by atoms with Gasteiger partial charge in [0.15, 0.2) is 0 Å². The number of carboxylic acids is 1. The standard InChI is InChI=1S/C13H16N4O2/c18-13(19)10-3-4-11-12(9-10)17(15-14-11)8-7-16-5-1-2-6-16/h3-4,9H,1-2,5-8H2,(H,18,19). The molecule has 3 rings (SSSR count). The number of carboxylic acid groups (broad SMARTS) is 1. The first kappa shape index (κ1) is 12.1. The summed E-state index contributed by atoms with van der Waals surface area (Å²) >= 11 is 0. The molecule has 1 N–H and O–H groups in total. The Labute approximate surface area is 110 Å². The van der Waals surface area contributed by atoms with E-state index >= 15 is 0 Å². The van der Waals surface area contributed by atoms with Crippen LogP contribution in [0.15, 0.2) is 18.2 Å². The molecule has 2 heterocycles. The normalized spacial score (nSPS) is 16.2. The first-order valence-electron chi connectivity index (χ1n) is 6.53. The van der Waals surface area contributed by atoms with E-state index in [2.05, 4.69) is 15.2 Å². The number of hydrogen-bond acceptors (Lipinski definition) is 4. The first-order chi connectivity index (χ1) is 9.24. The van der Waals surface area contributed by atoms with Gasteiger partial charge in [-0.1, -0.05) is 5.21 Å². The Morgan fingerprint density at radius 3 is 2.79 bits per heavy atom. The van der Waals surface area contributed by atoms with Crippen LogP contribution in [-0.2, 0) is 6.54 Å². The Balaban J connectivity index is 1.81. The summed E-state index contributed by atoms with van der Waals surface area (Å²) in [4.78, 5) is 13.4. The fourth-order valence-electron chi connectivity index (χ4n) is 2.51. The Kier molecular flexibility index (Phi) is 3.16. The van der Waals surface area contributed by atoms with Gasteiger partial charge in [0, 0.05) is 6.54 Å². The number of fused-ring (bicyclic) bond motifs is 1. The number of benzene rings is 1. The third kappa shape index (κ3) is 2.44. The topological polar surface area (TPSA) is 71.2 Å². The molecule has 1 aliphatic heterocycles. The number of rotatable bonds is 4. The van der Waals surface area contributed by atoms with Crippen LogP contribution in [0, 0.1) is 0 Å². The van der Waals surface area contributed by atoms with E-state index in [0.717, 1.165) is 37.2 Å². The van der Waals surface area contributed by atoms with E-state index in [1.54, 1.807) is 22.9 Å².